The van der Waals surface area contributed by atoms with Crippen LogP contribution in [-0.4, -0.2) is 19.5 Å². The van der Waals surface area contributed by atoms with E-state index >= 15 is 0 Å². The monoisotopic (exact) mass is 391 g/mol. The van der Waals surface area contributed by atoms with Gasteiger partial charge in [-0.1, -0.05) is 24.3 Å². The van der Waals surface area contributed by atoms with E-state index in [2.05, 4.69) is 5.32 Å². The minimum Gasteiger partial charge on any atom is -0.455 e. The van der Waals surface area contributed by atoms with Crippen LogP contribution in [0.4, 0.5) is 5.69 Å². The van der Waals surface area contributed by atoms with E-state index in [0.717, 1.165) is 0 Å². The normalized spacial score (nSPS) is 18.6. The molecular weight excluding hydrogens is 374 g/mol. The second-order valence-corrected chi connectivity index (χ2v) is 6.48. The molecule has 2 aromatic rings. The number of allylic oxidation sites excluding steroid dienone is 2. The third kappa shape index (κ3) is 3.50. The maximum absolute atomic E-state index is 12.8. The van der Waals surface area contributed by atoms with Crippen molar-refractivity contribution in [3.8, 4) is 23.0 Å². The average molecular weight is 391 g/mol. The van der Waals surface area contributed by atoms with Crippen molar-refractivity contribution in [2.75, 3.05) is 18.9 Å². The van der Waals surface area contributed by atoms with Gasteiger partial charge in [-0.3, -0.25) is 4.79 Å². The molecule has 0 bridgehead atoms. The zero-order chi connectivity index (χ0) is 19.6. The largest absolute Gasteiger partial charge is 0.455 e. The SMILES string of the molecule is O=C(Nc1ccccc1Oc1ccc2c(c1)OCO2)C1C=CC=C2OCOC2=C1. The van der Waals surface area contributed by atoms with Crippen molar-refractivity contribution >= 4 is 11.6 Å². The van der Waals surface area contributed by atoms with Crippen molar-refractivity contribution in [2.24, 2.45) is 5.92 Å². The molecule has 0 radical (unpaired) electrons. The van der Waals surface area contributed by atoms with E-state index in [4.69, 9.17) is 23.7 Å². The Bertz CT molecular complexity index is 1060. The Morgan fingerprint density at radius 3 is 2.76 bits per heavy atom. The summed E-state index contributed by atoms with van der Waals surface area (Å²) in [5.41, 5.74) is 0.558. The Hall–Kier alpha value is -3.87. The molecule has 1 aliphatic carbocycles. The number of carbonyl (C=O) groups excluding carboxylic acids is 1. The van der Waals surface area contributed by atoms with Gasteiger partial charge in [-0.25, -0.2) is 0 Å². The summed E-state index contributed by atoms with van der Waals surface area (Å²) in [5.74, 6) is 2.89. The fraction of sp³-hybridized carbons (Fsp3) is 0.136. The first-order chi connectivity index (χ1) is 14.3. The molecule has 1 N–H and O–H groups in total. The Morgan fingerprint density at radius 1 is 0.966 bits per heavy atom. The molecule has 5 rings (SSSR count). The van der Waals surface area contributed by atoms with Gasteiger partial charge in [-0.15, -0.1) is 0 Å². The first kappa shape index (κ1) is 17.2. The Balaban J connectivity index is 1.34. The van der Waals surface area contributed by atoms with Gasteiger partial charge in [-0.2, -0.15) is 0 Å². The first-order valence-corrected chi connectivity index (χ1v) is 9.10. The standard InChI is InChI=1S/C22H17NO6/c24-22(14-4-3-7-18-20(10-14)27-12-25-18)23-16-5-1-2-6-17(16)29-15-8-9-19-21(11-15)28-13-26-19/h1-11,14H,12-13H2,(H,23,24). The Labute approximate surface area is 166 Å². The lowest BCUT2D eigenvalue weighted by atomic mass is 10.1. The van der Waals surface area contributed by atoms with Gasteiger partial charge in [0, 0.05) is 6.07 Å². The molecule has 0 spiro atoms. The number of rotatable bonds is 4. The molecule has 0 aromatic heterocycles. The first-order valence-electron chi connectivity index (χ1n) is 9.10. The second-order valence-electron chi connectivity index (χ2n) is 6.48. The van der Waals surface area contributed by atoms with Gasteiger partial charge in [0.05, 0.1) is 11.6 Å². The highest BCUT2D eigenvalue weighted by Crippen LogP contribution is 2.38. The van der Waals surface area contributed by atoms with Crippen LogP contribution in [0.1, 0.15) is 0 Å². The highest BCUT2D eigenvalue weighted by Gasteiger charge is 2.23. The maximum atomic E-state index is 12.8. The molecule has 1 saturated heterocycles. The third-order valence-corrected chi connectivity index (χ3v) is 4.59. The number of benzene rings is 2. The molecule has 29 heavy (non-hydrogen) atoms. The van der Waals surface area contributed by atoms with Crippen LogP contribution in [0.2, 0.25) is 0 Å². The summed E-state index contributed by atoms with van der Waals surface area (Å²) in [7, 11) is 0. The van der Waals surface area contributed by atoms with Crippen molar-refractivity contribution in [3.05, 3.63) is 78.3 Å². The summed E-state index contributed by atoms with van der Waals surface area (Å²) in [6, 6.07) is 12.6. The fourth-order valence-electron chi connectivity index (χ4n) is 3.15. The number of fused-ring (bicyclic) bond motifs is 2. The number of para-hydroxylation sites is 2. The number of ether oxygens (including phenoxy) is 5. The van der Waals surface area contributed by atoms with Crippen LogP contribution in [0, 0.1) is 5.92 Å². The average Bonchev–Trinajstić information content (AvgIpc) is 3.33. The number of anilines is 1. The molecule has 1 amide bonds. The zero-order valence-electron chi connectivity index (χ0n) is 15.3. The Kier molecular flexibility index (Phi) is 4.32. The topological polar surface area (TPSA) is 75.3 Å². The van der Waals surface area contributed by atoms with Crippen molar-refractivity contribution in [2.45, 2.75) is 0 Å². The third-order valence-electron chi connectivity index (χ3n) is 4.59. The highest BCUT2D eigenvalue weighted by atomic mass is 16.7. The molecule has 1 fully saturated rings. The van der Waals surface area contributed by atoms with Gasteiger partial charge in [0.2, 0.25) is 19.5 Å². The predicted octanol–water partition coefficient (Wildman–Crippen LogP) is 4.10. The number of hydrogen-bond acceptors (Lipinski definition) is 6. The van der Waals surface area contributed by atoms with Crippen LogP contribution in [-0.2, 0) is 14.3 Å². The van der Waals surface area contributed by atoms with E-state index in [1.807, 2.05) is 12.1 Å². The summed E-state index contributed by atoms with van der Waals surface area (Å²) in [4.78, 5) is 12.8. The number of amides is 1. The summed E-state index contributed by atoms with van der Waals surface area (Å²) in [6.07, 6.45) is 7.08. The second kappa shape index (κ2) is 7.27. The Morgan fingerprint density at radius 2 is 1.79 bits per heavy atom. The maximum Gasteiger partial charge on any atom is 0.235 e. The zero-order valence-corrected chi connectivity index (χ0v) is 15.3. The van der Waals surface area contributed by atoms with E-state index in [0.29, 0.717) is 40.2 Å². The van der Waals surface area contributed by atoms with Crippen molar-refractivity contribution in [1.82, 2.24) is 0 Å². The molecule has 0 saturated carbocycles. The smallest absolute Gasteiger partial charge is 0.235 e. The van der Waals surface area contributed by atoms with Crippen LogP contribution in [0.5, 0.6) is 23.0 Å². The molecule has 1 atom stereocenters. The summed E-state index contributed by atoms with van der Waals surface area (Å²) >= 11 is 0. The minimum atomic E-state index is -0.501. The molecule has 2 heterocycles. The van der Waals surface area contributed by atoms with E-state index in [1.54, 1.807) is 54.6 Å². The van der Waals surface area contributed by atoms with Gasteiger partial charge < -0.3 is 29.0 Å². The van der Waals surface area contributed by atoms with E-state index in [-0.39, 0.29) is 19.5 Å². The molecule has 1 unspecified atom stereocenters. The molecule has 7 heteroatoms. The number of nitrogens with one attached hydrogen (secondary N) is 1. The molecule has 2 aromatic carbocycles. The van der Waals surface area contributed by atoms with Gasteiger partial charge in [-0.05, 0) is 36.4 Å². The van der Waals surface area contributed by atoms with Crippen LogP contribution in [0.3, 0.4) is 0 Å². The van der Waals surface area contributed by atoms with Gasteiger partial charge >= 0.3 is 0 Å². The van der Waals surface area contributed by atoms with Crippen molar-refractivity contribution < 1.29 is 28.5 Å². The summed E-state index contributed by atoms with van der Waals surface area (Å²) < 4.78 is 27.4. The van der Waals surface area contributed by atoms with Crippen molar-refractivity contribution in [1.29, 1.82) is 0 Å². The van der Waals surface area contributed by atoms with Crippen LogP contribution in [0.25, 0.3) is 0 Å². The lowest BCUT2D eigenvalue weighted by Crippen LogP contribution is -2.20. The molecule has 7 nitrogen and oxygen atoms in total. The van der Waals surface area contributed by atoms with Crippen LogP contribution < -0.4 is 19.5 Å². The predicted molar refractivity (Wildman–Crippen MR) is 104 cm³/mol. The highest BCUT2D eigenvalue weighted by molar-refractivity contribution is 5.96. The van der Waals surface area contributed by atoms with Crippen LogP contribution >= 0.6 is 0 Å². The summed E-state index contributed by atoms with van der Waals surface area (Å²) in [5, 5.41) is 2.93. The number of hydrogen-bond donors (Lipinski definition) is 1. The van der Waals surface area contributed by atoms with Crippen molar-refractivity contribution in [3.63, 3.8) is 0 Å². The van der Waals surface area contributed by atoms with E-state index in [1.165, 1.54) is 0 Å². The van der Waals surface area contributed by atoms with Crippen LogP contribution in [0.15, 0.2) is 78.3 Å². The fourth-order valence-corrected chi connectivity index (χ4v) is 3.15. The molecule has 146 valence electrons. The molecule has 2 aliphatic heterocycles. The van der Waals surface area contributed by atoms with Gasteiger partial charge in [0.15, 0.2) is 28.8 Å². The lowest BCUT2D eigenvalue weighted by Gasteiger charge is -2.14. The summed E-state index contributed by atoms with van der Waals surface area (Å²) in [6.45, 7) is 0.354. The quantitative estimate of drug-likeness (QED) is 0.846. The van der Waals surface area contributed by atoms with E-state index in [9.17, 15) is 4.79 Å². The van der Waals surface area contributed by atoms with Gasteiger partial charge in [0.25, 0.3) is 0 Å². The minimum absolute atomic E-state index is 0.159. The number of carbonyl (C=O) groups is 1. The lowest BCUT2D eigenvalue weighted by molar-refractivity contribution is -0.117. The van der Waals surface area contributed by atoms with E-state index < -0.39 is 5.92 Å². The molecule has 3 aliphatic rings. The molecular formula is C22H17NO6. The van der Waals surface area contributed by atoms with Gasteiger partial charge in [0.1, 0.15) is 5.75 Å².